The molecule has 1 fully saturated rings. The molecule has 17 heavy (non-hydrogen) atoms. The van der Waals surface area contributed by atoms with Crippen LogP contribution in [0.2, 0.25) is 0 Å². The van der Waals surface area contributed by atoms with Crippen LogP contribution in [0.1, 0.15) is 46.5 Å². The van der Waals surface area contributed by atoms with E-state index in [1.165, 1.54) is 57.6 Å². The van der Waals surface area contributed by atoms with Crippen LogP contribution in [0.3, 0.4) is 0 Å². The van der Waals surface area contributed by atoms with Crippen molar-refractivity contribution in [2.24, 2.45) is 0 Å². The summed E-state index contributed by atoms with van der Waals surface area (Å²) in [6, 6.07) is 0. The number of hydrogen-bond acceptors (Lipinski definition) is 3. The molecule has 1 aliphatic rings. The summed E-state index contributed by atoms with van der Waals surface area (Å²) in [5, 5.41) is 3.39. The van der Waals surface area contributed by atoms with Crippen LogP contribution in [0, 0.1) is 0 Å². The third-order valence-corrected chi connectivity index (χ3v) is 4.63. The van der Waals surface area contributed by atoms with E-state index < -0.39 is 0 Å². The van der Waals surface area contributed by atoms with Gasteiger partial charge in [-0.2, -0.15) is 11.8 Å². The first-order valence-electron chi connectivity index (χ1n) is 7.21. The number of thioether (sulfide) groups is 1. The highest BCUT2D eigenvalue weighted by atomic mass is 32.2. The fourth-order valence-electron chi connectivity index (χ4n) is 2.42. The van der Waals surface area contributed by atoms with Gasteiger partial charge < -0.3 is 10.2 Å². The Morgan fingerprint density at radius 2 is 1.94 bits per heavy atom. The van der Waals surface area contributed by atoms with Crippen molar-refractivity contribution in [3.63, 3.8) is 0 Å². The van der Waals surface area contributed by atoms with Crippen molar-refractivity contribution in [3.05, 3.63) is 0 Å². The van der Waals surface area contributed by atoms with E-state index in [1.54, 1.807) is 0 Å². The summed E-state index contributed by atoms with van der Waals surface area (Å²) >= 11 is 2.13. The van der Waals surface area contributed by atoms with Gasteiger partial charge >= 0.3 is 0 Å². The Hall–Kier alpha value is 0.270. The maximum atomic E-state index is 3.39. The van der Waals surface area contributed by atoms with Gasteiger partial charge in [0.05, 0.1) is 0 Å². The topological polar surface area (TPSA) is 15.3 Å². The van der Waals surface area contributed by atoms with E-state index in [0.29, 0.717) is 4.75 Å². The van der Waals surface area contributed by atoms with Crippen LogP contribution in [-0.4, -0.2) is 48.1 Å². The summed E-state index contributed by atoms with van der Waals surface area (Å²) in [4.78, 5) is 2.65. The highest BCUT2D eigenvalue weighted by Gasteiger charge is 2.26. The van der Waals surface area contributed by atoms with Gasteiger partial charge in [0, 0.05) is 23.6 Å². The molecule has 0 unspecified atom stereocenters. The molecule has 3 heteroatoms. The summed E-state index contributed by atoms with van der Waals surface area (Å²) in [5.74, 6) is 1.31. The number of nitrogens with zero attached hydrogens (tertiary/aromatic N) is 1. The van der Waals surface area contributed by atoms with Gasteiger partial charge in [0.15, 0.2) is 0 Å². The van der Waals surface area contributed by atoms with Crippen molar-refractivity contribution in [2.45, 2.75) is 51.2 Å². The zero-order valence-corrected chi connectivity index (χ0v) is 12.7. The first-order chi connectivity index (χ1) is 8.14. The molecule has 1 aliphatic heterocycles. The van der Waals surface area contributed by atoms with Gasteiger partial charge in [0.25, 0.3) is 0 Å². The van der Waals surface area contributed by atoms with Crippen molar-refractivity contribution in [3.8, 4) is 0 Å². The largest absolute Gasteiger partial charge is 0.317 e. The predicted molar refractivity (Wildman–Crippen MR) is 80.0 cm³/mol. The van der Waals surface area contributed by atoms with Crippen LogP contribution < -0.4 is 5.32 Å². The van der Waals surface area contributed by atoms with Gasteiger partial charge in [-0.1, -0.05) is 19.8 Å². The second-order valence-electron chi connectivity index (χ2n) is 5.65. The molecule has 0 aliphatic carbocycles. The maximum Gasteiger partial charge on any atom is 0.0231 e. The van der Waals surface area contributed by atoms with Gasteiger partial charge in [-0.25, -0.2) is 0 Å². The third kappa shape index (κ3) is 7.32. The average Bonchev–Trinajstić information content (AvgIpc) is 2.27. The normalized spacial score (nSPS) is 20.6. The third-order valence-electron chi connectivity index (χ3n) is 3.33. The van der Waals surface area contributed by atoms with Gasteiger partial charge in [0.2, 0.25) is 0 Å². The highest BCUT2D eigenvalue weighted by molar-refractivity contribution is 8.00. The molecule has 0 spiro atoms. The SMILES string of the molecule is CCNCCCCCCN1CCSC(C)(C)C1. The van der Waals surface area contributed by atoms with E-state index >= 15 is 0 Å². The summed E-state index contributed by atoms with van der Waals surface area (Å²) in [7, 11) is 0. The molecule has 0 amide bonds. The molecule has 102 valence electrons. The second kappa shape index (κ2) is 8.39. The van der Waals surface area contributed by atoms with E-state index in [0.717, 1.165) is 6.54 Å². The van der Waals surface area contributed by atoms with Gasteiger partial charge in [-0.15, -0.1) is 0 Å². The Balaban J connectivity index is 1.95. The smallest absolute Gasteiger partial charge is 0.0231 e. The van der Waals surface area contributed by atoms with Crippen molar-refractivity contribution in [2.75, 3.05) is 38.5 Å². The Kier molecular flexibility index (Phi) is 7.56. The minimum absolute atomic E-state index is 0.475. The molecule has 0 aromatic heterocycles. The minimum Gasteiger partial charge on any atom is -0.317 e. The molecule has 0 bridgehead atoms. The molecule has 0 atom stereocenters. The molecule has 0 saturated carbocycles. The average molecular weight is 258 g/mol. The Morgan fingerprint density at radius 1 is 1.18 bits per heavy atom. The fourth-order valence-corrected chi connectivity index (χ4v) is 3.60. The Morgan fingerprint density at radius 3 is 2.65 bits per heavy atom. The maximum absolute atomic E-state index is 3.39. The van der Waals surface area contributed by atoms with Crippen LogP contribution in [0.4, 0.5) is 0 Å². The summed E-state index contributed by atoms with van der Waals surface area (Å²) in [6.45, 7) is 13.1. The van der Waals surface area contributed by atoms with Crippen LogP contribution in [0.25, 0.3) is 0 Å². The number of hydrogen-bond donors (Lipinski definition) is 1. The minimum atomic E-state index is 0.475. The van der Waals surface area contributed by atoms with Crippen LogP contribution in [-0.2, 0) is 0 Å². The molecule has 0 radical (unpaired) electrons. The second-order valence-corrected chi connectivity index (χ2v) is 7.45. The first-order valence-corrected chi connectivity index (χ1v) is 8.19. The molecule has 0 aromatic rings. The molecule has 1 rings (SSSR count). The predicted octanol–water partition coefficient (Wildman–Crippen LogP) is 2.98. The lowest BCUT2D eigenvalue weighted by molar-refractivity contribution is 0.254. The van der Waals surface area contributed by atoms with Crippen LogP contribution in [0.5, 0.6) is 0 Å². The molecule has 2 nitrogen and oxygen atoms in total. The lowest BCUT2D eigenvalue weighted by Crippen LogP contribution is -2.43. The molecule has 1 saturated heterocycles. The lowest BCUT2D eigenvalue weighted by atomic mass is 10.1. The zero-order valence-electron chi connectivity index (χ0n) is 11.9. The Bertz CT molecular complexity index is 195. The zero-order chi connectivity index (χ0) is 12.6. The summed E-state index contributed by atoms with van der Waals surface area (Å²) < 4.78 is 0.475. The van der Waals surface area contributed by atoms with E-state index in [2.05, 4.69) is 42.7 Å². The van der Waals surface area contributed by atoms with Gasteiger partial charge in [-0.3, -0.25) is 0 Å². The van der Waals surface area contributed by atoms with E-state index in [-0.39, 0.29) is 0 Å². The van der Waals surface area contributed by atoms with Crippen molar-refractivity contribution < 1.29 is 0 Å². The van der Waals surface area contributed by atoms with Crippen LogP contribution in [0.15, 0.2) is 0 Å². The quantitative estimate of drug-likeness (QED) is 0.674. The Labute approximate surface area is 112 Å². The molecule has 1 heterocycles. The van der Waals surface area contributed by atoms with Crippen LogP contribution >= 0.6 is 11.8 Å². The molecule has 1 N–H and O–H groups in total. The standard InChI is InChI=1S/C14H30N2S/c1-4-15-9-7-5-6-8-10-16-11-12-17-14(2,3)13-16/h15H,4-13H2,1-3H3. The molecular formula is C14H30N2S. The number of unbranched alkanes of at least 4 members (excludes halogenated alkanes) is 3. The fraction of sp³-hybridized carbons (Fsp3) is 1.00. The van der Waals surface area contributed by atoms with Gasteiger partial charge in [-0.05, 0) is 46.3 Å². The van der Waals surface area contributed by atoms with Gasteiger partial charge in [0.1, 0.15) is 0 Å². The number of rotatable bonds is 8. The van der Waals surface area contributed by atoms with Crippen molar-refractivity contribution >= 4 is 11.8 Å². The van der Waals surface area contributed by atoms with E-state index in [1.807, 2.05) is 0 Å². The molecule has 0 aromatic carbocycles. The summed E-state index contributed by atoms with van der Waals surface area (Å²) in [6.07, 6.45) is 5.51. The highest BCUT2D eigenvalue weighted by Crippen LogP contribution is 2.29. The summed E-state index contributed by atoms with van der Waals surface area (Å²) in [5.41, 5.74) is 0. The lowest BCUT2D eigenvalue weighted by Gasteiger charge is -2.37. The van der Waals surface area contributed by atoms with Crippen molar-refractivity contribution in [1.82, 2.24) is 10.2 Å². The van der Waals surface area contributed by atoms with E-state index in [9.17, 15) is 0 Å². The van der Waals surface area contributed by atoms with E-state index in [4.69, 9.17) is 0 Å². The van der Waals surface area contributed by atoms with Crippen molar-refractivity contribution in [1.29, 1.82) is 0 Å². The molecular weight excluding hydrogens is 228 g/mol. The number of nitrogens with one attached hydrogen (secondary N) is 1. The monoisotopic (exact) mass is 258 g/mol. The first kappa shape index (κ1) is 15.3.